The predicted octanol–water partition coefficient (Wildman–Crippen LogP) is 2.27. The molecule has 0 aliphatic heterocycles. The van der Waals surface area contributed by atoms with E-state index in [4.69, 9.17) is 0 Å². The van der Waals surface area contributed by atoms with Crippen LogP contribution >= 0.6 is 0 Å². The van der Waals surface area contributed by atoms with Crippen molar-refractivity contribution >= 4 is 12.0 Å². The Hall–Kier alpha value is -1.31. The molecular formula is C12H17NO. The SMILES string of the molecule is CCN(CC)c1ccccc1CC=O. The molecule has 76 valence electrons. The van der Waals surface area contributed by atoms with E-state index in [2.05, 4.69) is 24.8 Å². The van der Waals surface area contributed by atoms with E-state index >= 15 is 0 Å². The third-order valence-electron chi connectivity index (χ3n) is 2.40. The first-order valence-corrected chi connectivity index (χ1v) is 5.10. The van der Waals surface area contributed by atoms with Gasteiger partial charge in [-0.3, -0.25) is 0 Å². The van der Waals surface area contributed by atoms with Crippen molar-refractivity contribution in [2.45, 2.75) is 20.3 Å². The van der Waals surface area contributed by atoms with Crippen LogP contribution in [0.25, 0.3) is 0 Å². The quantitative estimate of drug-likeness (QED) is 0.665. The lowest BCUT2D eigenvalue weighted by molar-refractivity contribution is -0.107. The summed E-state index contributed by atoms with van der Waals surface area (Å²) >= 11 is 0. The van der Waals surface area contributed by atoms with E-state index in [0.717, 1.165) is 24.9 Å². The molecular weight excluding hydrogens is 174 g/mol. The molecule has 0 heterocycles. The first kappa shape index (κ1) is 10.8. The molecule has 0 saturated heterocycles. The Balaban J connectivity index is 2.98. The fourth-order valence-corrected chi connectivity index (χ4v) is 1.65. The normalized spacial score (nSPS) is 9.86. The van der Waals surface area contributed by atoms with Gasteiger partial charge in [-0.2, -0.15) is 0 Å². The molecule has 2 nitrogen and oxygen atoms in total. The van der Waals surface area contributed by atoms with Crippen LogP contribution in [0.3, 0.4) is 0 Å². The Morgan fingerprint density at radius 3 is 2.43 bits per heavy atom. The van der Waals surface area contributed by atoms with E-state index in [0.29, 0.717) is 6.42 Å². The van der Waals surface area contributed by atoms with Gasteiger partial charge >= 0.3 is 0 Å². The number of anilines is 1. The van der Waals surface area contributed by atoms with Crippen LogP contribution in [0, 0.1) is 0 Å². The number of carbonyl (C=O) groups is 1. The lowest BCUT2D eigenvalue weighted by atomic mass is 10.1. The fourth-order valence-electron chi connectivity index (χ4n) is 1.65. The van der Waals surface area contributed by atoms with Crippen LogP contribution in [0.4, 0.5) is 5.69 Å². The number of rotatable bonds is 5. The average molecular weight is 191 g/mol. The number of nitrogens with zero attached hydrogens (tertiary/aromatic N) is 1. The highest BCUT2D eigenvalue weighted by Gasteiger charge is 2.06. The minimum Gasteiger partial charge on any atom is -0.372 e. The summed E-state index contributed by atoms with van der Waals surface area (Å²) in [6, 6.07) is 8.08. The molecule has 0 fully saturated rings. The maximum Gasteiger partial charge on any atom is 0.124 e. The third kappa shape index (κ3) is 2.34. The monoisotopic (exact) mass is 191 g/mol. The molecule has 0 aromatic heterocycles. The van der Waals surface area contributed by atoms with Crippen molar-refractivity contribution in [3.8, 4) is 0 Å². The van der Waals surface area contributed by atoms with Gasteiger partial charge < -0.3 is 9.69 Å². The molecule has 0 atom stereocenters. The minimum atomic E-state index is 0.507. The Bertz CT molecular complexity index is 292. The standard InChI is InChI=1S/C12H17NO/c1-3-13(4-2)12-8-6-5-7-11(12)9-10-14/h5-8,10H,3-4,9H2,1-2H3. The van der Waals surface area contributed by atoms with Crippen molar-refractivity contribution in [1.82, 2.24) is 0 Å². The van der Waals surface area contributed by atoms with Crippen LogP contribution in [-0.4, -0.2) is 19.4 Å². The van der Waals surface area contributed by atoms with Gasteiger partial charge in [-0.05, 0) is 25.5 Å². The summed E-state index contributed by atoms with van der Waals surface area (Å²) in [5.41, 5.74) is 2.30. The molecule has 0 aliphatic carbocycles. The van der Waals surface area contributed by atoms with Crippen LogP contribution in [0.15, 0.2) is 24.3 Å². The van der Waals surface area contributed by atoms with Gasteiger partial charge in [-0.15, -0.1) is 0 Å². The molecule has 0 spiro atoms. The largest absolute Gasteiger partial charge is 0.372 e. The summed E-state index contributed by atoms with van der Waals surface area (Å²) in [4.78, 5) is 12.8. The summed E-state index contributed by atoms with van der Waals surface area (Å²) < 4.78 is 0. The Kier molecular flexibility index (Phi) is 4.17. The number of aldehydes is 1. The van der Waals surface area contributed by atoms with Crippen LogP contribution in [0.5, 0.6) is 0 Å². The smallest absolute Gasteiger partial charge is 0.124 e. The Labute approximate surface area is 85.5 Å². The molecule has 2 heteroatoms. The second-order valence-electron chi connectivity index (χ2n) is 3.17. The summed E-state index contributed by atoms with van der Waals surface area (Å²) in [7, 11) is 0. The van der Waals surface area contributed by atoms with Gasteiger partial charge in [0.05, 0.1) is 0 Å². The maximum atomic E-state index is 10.5. The predicted molar refractivity (Wildman–Crippen MR) is 59.8 cm³/mol. The van der Waals surface area contributed by atoms with E-state index < -0.39 is 0 Å². The lowest BCUT2D eigenvalue weighted by Gasteiger charge is -2.23. The molecule has 0 aliphatic rings. The zero-order chi connectivity index (χ0) is 10.4. The second-order valence-corrected chi connectivity index (χ2v) is 3.17. The van der Waals surface area contributed by atoms with Crippen LogP contribution in [0.1, 0.15) is 19.4 Å². The van der Waals surface area contributed by atoms with Gasteiger partial charge in [0.25, 0.3) is 0 Å². The summed E-state index contributed by atoms with van der Waals surface area (Å²) in [5.74, 6) is 0. The number of hydrogen-bond donors (Lipinski definition) is 0. The molecule has 14 heavy (non-hydrogen) atoms. The van der Waals surface area contributed by atoms with E-state index in [1.807, 2.05) is 18.2 Å². The number of carbonyl (C=O) groups excluding carboxylic acids is 1. The zero-order valence-corrected chi connectivity index (χ0v) is 8.86. The van der Waals surface area contributed by atoms with Crippen LogP contribution < -0.4 is 4.90 Å². The van der Waals surface area contributed by atoms with E-state index in [9.17, 15) is 4.79 Å². The van der Waals surface area contributed by atoms with Gasteiger partial charge in [0, 0.05) is 25.2 Å². The Morgan fingerprint density at radius 2 is 1.86 bits per heavy atom. The van der Waals surface area contributed by atoms with Gasteiger partial charge in [0.15, 0.2) is 0 Å². The second kappa shape index (κ2) is 5.43. The molecule has 0 unspecified atom stereocenters. The van der Waals surface area contributed by atoms with Crippen LogP contribution in [-0.2, 0) is 11.2 Å². The van der Waals surface area contributed by atoms with Crippen molar-refractivity contribution in [3.63, 3.8) is 0 Å². The van der Waals surface area contributed by atoms with E-state index in [-0.39, 0.29) is 0 Å². The highest BCUT2D eigenvalue weighted by atomic mass is 16.1. The number of benzene rings is 1. The van der Waals surface area contributed by atoms with E-state index in [1.165, 1.54) is 5.69 Å². The van der Waals surface area contributed by atoms with Gasteiger partial charge in [0.1, 0.15) is 6.29 Å². The van der Waals surface area contributed by atoms with Crippen molar-refractivity contribution in [2.75, 3.05) is 18.0 Å². The molecule has 0 bridgehead atoms. The zero-order valence-electron chi connectivity index (χ0n) is 8.86. The summed E-state index contributed by atoms with van der Waals surface area (Å²) in [6.07, 6.45) is 1.47. The summed E-state index contributed by atoms with van der Waals surface area (Å²) in [5, 5.41) is 0. The van der Waals surface area contributed by atoms with Crippen LogP contribution in [0.2, 0.25) is 0 Å². The molecule has 1 aromatic rings. The molecule has 1 aromatic carbocycles. The third-order valence-corrected chi connectivity index (χ3v) is 2.40. The fraction of sp³-hybridized carbons (Fsp3) is 0.417. The molecule has 0 saturated carbocycles. The molecule has 0 amide bonds. The number of hydrogen-bond acceptors (Lipinski definition) is 2. The first-order valence-electron chi connectivity index (χ1n) is 5.10. The topological polar surface area (TPSA) is 20.3 Å². The van der Waals surface area contributed by atoms with Crippen molar-refractivity contribution in [1.29, 1.82) is 0 Å². The summed E-state index contributed by atoms with van der Waals surface area (Å²) in [6.45, 7) is 6.21. The lowest BCUT2D eigenvalue weighted by Crippen LogP contribution is -2.23. The average Bonchev–Trinajstić information content (AvgIpc) is 2.23. The number of para-hydroxylation sites is 1. The van der Waals surface area contributed by atoms with Crippen molar-refractivity contribution in [2.24, 2.45) is 0 Å². The van der Waals surface area contributed by atoms with Gasteiger partial charge in [0.2, 0.25) is 0 Å². The van der Waals surface area contributed by atoms with Gasteiger partial charge in [-0.25, -0.2) is 0 Å². The van der Waals surface area contributed by atoms with Crippen molar-refractivity contribution in [3.05, 3.63) is 29.8 Å². The Morgan fingerprint density at radius 1 is 1.21 bits per heavy atom. The highest BCUT2D eigenvalue weighted by molar-refractivity contribution is 5.63. The van der Waals surface area contributed by atoms with Gasteiger partial charge in [-0.1, -0.05) is 18.2 Å². The highest BCUT2D eigenvalue weighted by Crippen LogP contribution is 2.19. The van der Waals surface area contributed by atoms with Crippen molar-refractivity contribution < 1.29 is 4.79 Å². The molecule has 0 radical (unpaired) electrons. The van der Waals surface area contributed by atoms with E-state index in [1.54, 1.807) is 0 Å². The molecule has 1 rings (SSSR count). The minimum absolute atomic E-state index is 0.507. The molecule has 0 N–H and O–H groups in total. The maximum absolute atomic E-state index is 10.5. The first-order chi connectivity index (χ1) is 6.83.